The van der Waals surface area contributed by atoms with Crippen molar-refractivity contribution in [3.05, 3.63) is 0 Å². The van der Waals surface area contributed by atoms with E-state index in [0.29, 0.717) is 0 Å². The van der Waals surface area contributed by atoms with Crippen molar-refractivity contribution in [3.63, 3.8) is 0 Å². The number of nitrogens with two attached hydrogens (primary N) is 1. The summed E-state index contributed by atoms with van der Waals surface area (Å²) in [6.07, 6.45) is 5.24. The summed E-state index contributed by atoms with van der Waals surface area (Å²) in [5.41, 5.74) is 4.65. The lowest BCUT2D eigenvalue weighted by atomic mass is 9.50. The molecule has 0 aliphatic carbocycles. The maximum absolute atomic E-state index is 11.5. The molecule has 5 nitrogen and oxygen atoms in total. The summed E-state index contributed by atoms with van der Waals surface area (Å²) in [4.78, 5) is 16.1. The van der Waals surface area contributed by atoms with Gasteiger partial charge in [-0.25, -0.2) is 4.79 Å². The van der Waals surface area contributed by atoms with Crippen LogP contribution >= 0.6 is 0 Å². The van der Waals surface area contributed by atoms with Gasteiger partial charge in [-0.2, -0.15) is 4.99 Å². The minimum absolute atomic E-state index is 0.00229. The molecule has 1 atom stereocenters. The Morgan fingerprint density at radius 3 is 1.68 bits per heavy atom. The van der Waals surface area contributed by atoms with Gasteiger partial charge in [0.25, 0.3) is 0 Å². The van der Waals surface area contributed by atoms with Gasteiger partial charge in [-0.15, -0.1) is 0 Å². The molecule has 0 amide bonds. The van der Waals surface area contributed by atoms with Crippen LogP contribution in [0.1, 0.15) is 81.6 Å². The molecule has 0 aromatic heterocycles. The van der Waals surface area contributed by atoms with Crippen LogP contribution in [0.3, 0.4) is 0 Å². The second-order valence-corrected chi connectivity index (χ2v) is 11.2. The summed E-state index contributed by atoms with van der Waals surface area (Å²) < 4.78 is 0. The zero-order chi connectivity index (χ0) is 22.1. The summed E-state index contributed by atoms with van der Waals surface area (Å²) >= 11 is 0. The topological polar surface area (TPSA) is 79.5 Å². The maximum Gasteiger partial charge on any atom is 0.235 e. The molecule has 0 spiro atoms. The van der Waals surface area contributed by atoms with E-state index in [0.717, 1.165) is 52.0 Å². The molecule has 0 aliphatic heterocycles. The number of hydrogen-bond donors (Lipinski definition) is 3. The number of hydrogen-bond acceptors (Lipinski definition) is 5. The molecule has 0 heterocycles. The molecule has 4 N–H and O–H groups in total. The molecule has 28 heavy (non-hydrogen) atoms. The van der Waals surface area contributed by atoms with Crippen molar-refractivity contribution >= 4 is 6.08 Å². The molecule has 0 saturated heterocycles. The highest BCUT2D eigenvalue weighted by atomic mass is 16.1. The number of isocyanates is 1. The SMILES string of the molecule is CC(C)(C)C(CNCCCCNCCCN)C(N=C=O)(C(C)(C)C)C(C)(C)C. The Morgan fingerprint density at radius 1 is 0.821 bits per heavy atom. The van der Waals surface area contributed by atoms with Crippen molar-refractivity contribution in [2.75, 3.05) is 32.7 Å². The molecule has 166 valence electrons. The minimum atomic E-state index is -0.517. The second kappa shape index (κ2) is 11.4. The standard InChI is InChI=1S/C23H48N4O/c1-20(2,3)19(17-26-15-11-10-14-25-16-12-13-24)23(27-18-28,21(4,5)6)22(7,8)9/h19,25-26H,10-17,24H2,1-9H3. The number of unbranched alkanes of at least 4 members (excludes halogenated alkanes) is 1. The predicted octanol–water partition coefficient (Wildman–Crippen LogP) is 4.12. The van der Waals surface area contributed by atoms with E-state index in [4.69, 9.17) is 5.73 Å². The van der Waals surface area contributed by atoms with E-state index in [2.05, 4.69) is 77.9 Å². The molecule has 0 fully saturated rings. The lowest BCUT2D eigenvalue weighted by Gasteiger charge is -2.57. The first kappa shape index (κ1) is 27.3. The number of carbonyl (C=O) groups excluding carboxylic acids is 1. The van der Waals surface area contributed by atoms with Crippen LogP contribution < -0.4 is 16.4 Å². The van der Waals surface area contributed by atoms with E-state index in [9.17, 15) is 4.79 Å². The molecule has 0 bridgehead atoms. The van der Waals surface area contributed by atoms with Gasteiger partial charge in [0.15, 0.2) is 0 Å². The molecule has 0 aromatic carbocycles. The number of rotatable bonds is 12. The van der Waals surface area contributed by atoms with Gasteiger partial charge in [0.1, 0.15) is 0 Å². The fourth-order valence-electron chi connectivity index (χ4n) is 4.83. The van der Waals surface area contributed by atoms with Gasteiger partial charge in [0, 0.05) is 12.5 Å². The normalized spacial score (nSPS) is 14.6. The van der Waals surface area contributed by atoms with Crippen molar-refractivity contribution in [2.45, 2.75) is 87.1 Å². The molecule has 0 radical (unpaired) electrons. The molecule has 5 heteroatoms. The van der Waals surface area contributed by atoms with Gasteiger partial charge < -0.3 is 16.4 Å². The Balaban J connectivity index is 5.21. The van der Waals surface area contributed by atoms with E-state index in [1.165, 1.54) is 0 Å². The summed E-state index contributed by atoms with van der Waals surface area (Å²) in [7, 11) is 0. The molecule has 0 aliphatic rings. The quantitative estimate of drug-likeness (QED) is 0.263. The van der Waals surface area contributed by atoms with E-state index < -0.39 is 5.54 Å². The minimum Gasteiger partial charge on any atom is -0.330 e. The van der Waals surface area contributed by atoms with E-state index >= 15 is 0 Å². The molecule has 0 saturated carbocycles. The smallest absolute Gasteiger partial charge is 0.235 e. The van der Waals surface area contributed by atoms with Crippen molar-refractivity contribution in [1.29, 1.82) is 0 Å². The first-order valence-electron chi connectivity index (χ1n) is 11.0. The molecular formula is C23H48N4O. The Bertz CT molecular complexity index is 462. The zero-order valence-electron chi connectivity index (χ0n) is 20.2. The van der Waals surface area contributed by atoms with Crippen molar-refractivity contribution < 1.29 is 4.79 Å². The Morgan fingerprint density at radius 2 is 1.29 bits per heavy atom. The van der Waals surface area contributed by atoms with Gasteiger partial charge in [-0.05, 0) is 61.7 Å². The van der Waals surface area contributed by atoms with Crippen LogP contribution in [0.5, 0.6) is 0 Å². The number of nitrogens with zero attached hydrogens (tertiary/aromatic N) is 1. The first-order valence-corrected chi connectivity index (χ1v) is 11.0. The fourth-order valence-corrected chi connectivity index (χ4v) is 4.83. The lowest BCUT2D eigenvalue weighted by molar-refractivity contribution is -0.0383. The molecule has 1 unspecified atom stereocenters. The predicted molar refractivity (Wildman–Crippen MR) is 121 cm³/mol. The zero-order valence-corrected chi connectivity index (χ0v) is 20.2. The van der Waals surface area contributed by atoms with Crippen LogP contribution in [-0.2, 0) is 4.79 Å². The Labute approximate surface area is 174 Å². The van der Waals surface area contributed by atoms with Gasteiger partial charge in [-0.3, -0.25) is 0 Å². The van der Waals surface area contributed by atoms with Gasteiger partial charge in [0.05, 0.1) is 5.54 Å². The highest BCUT2D eigenvalue weighted by Crippen LogP contribution is 2.55. The monoisotopic (exact) mass is 396 g/mol. The number of aliphatic imine (C=N–C) groups is 1. The molecule has 0 rings (SSSR count). The van der Waals surface area contributed by atoms with E-state index in [-0.39, 0.29) is 22.2 Å². The number of nitrogens with one attached hydrogen (secondary N) is 2. The van der Waals surface area contributed by atoms with Crippen LogP contribution in [0.4, 0.5) is 0 Å². The molecule has 0 aromatic rings. The first-order chi connectivity index (χ1) is 12.8. The summed E-state index contributed by atoms with van der Waals surface area (Å²) in [5, 5.41) is 7.09. The summed E-state index contributed by atoms with van der Waals surface area (Å²) in [5.74, 6) is 0.198. The van der Waals surface area contributed by atoms with Crippen molar-refractivity contribution in [3.8, 4) is 0 Å². The van der Waals surface area contributed by atoms with Gasteiger partial charge >= 0.3 is 0 Å². The maximum atomic E-state index is 11.5. The Kier molecular flexibility index (Phi) is 11.1. The van der Waals surface area contributed by atoms with Gasteiger partial charge in [0.2, 0.25) is 6.08 Å². The highest BCUT2D eigenvalue weighted by Gasteiger charge is 2.58. The van der Waals surface area contributed by atoms with Crippen molar-refractivity contribution in [1.82, 2.24) is 10.6 Å². The third kappa shape index (κ3) is 7.59. The average molecular weight is 397 g/mol. The third-order valence-corrected chi connectivity index (χ3v) is 5.92. The average Bonchev–Trinajstić information content (AvgIpc) is 2.51. The molecular weight excluding hydrogens is 348 g/mol. The largest absolute Gasteiger partial charge is 0.330 e. The summed E-state index contributed by atoms with van der Waals surface area (Å²) in [6, 6.07) is 0. The van der Waals surface area contributed by atoms with Crippen molar-refractivity contribution in [2.24, 2.45) is 32.9 Å². The highest BCUT2D eigenvalue weighted by molar-refractivity contribution is 5.37. The fraction of sp³-hybridized carbons (Fsp3) is 0.957. The lowest BCUT2D eigenvalue weighted by Crippen LogP contribution is -2.62. The van der Waals surface area contributed by atoms with Gasteiger partial charge in [-0.1, -0.05) is 62.3 Å². The van der Waals surface area contributed by atoms with Crippen LogP contribution in [0.25, 0.3) is 0 Å². The van der Waals surface area contributed by atoms with E-state index in [1.54, 1.807) is 0 Å². The third-order valence-electron chi connectivity index (χ3n) is 5.92. The van der Waals surface area contributed by atoms with E-state index in [1.807, 2.05) is 6.08 Å². The van der Waals surface area contributed by atoms with Crippen LogP contribution in [-0.4, -0.2) is 44.3 Å². The summed E-state index contributed by atoms with van der Waals surface area (Å²) in [6.45, 7) is 24.6. The Hall–Kier alpha value is -0.740. The second-order valence-electron chi connectivity index (χ2n) is 11.2. The van der Waals surface area contributed by atoms with Crippen LogP contribution in [0, 0.1) is 22.2 Å². The van der Waals surface area contributed by atoms with Crippen LogP contribution in [0.2, 0.25) is 0 Å². The van der Waals surface area contributed by atoms with Crippen LogP contribution in [0.15, 0.2) is 4.99 Å².